The number of aromatic nitrogens is 5. The van der Waals surface area contributed by atoms with Crippen LogP contribution in [0.1, 0.15) is 21.7 Å². The van der Waals surface area contributed by atoms with Gasteiger partial charge in [-0.1, -0.05) is 12.1 Å². The van der Waals surface area contributed by atoms with E-state index in [0.717, 1.165) is 22.4 Å². The van der Waals surface area contributed by atoms with Crippen molar-refractivity contribution in [1.29, 1.82) is 0 Å². The second-order valence-corrected chi connectivity index (χ2v) is 5.77. The summed E-state index contributed by atoms with van der Waals surface area (Å²) in [7, 11) is 1.87. The molecule has 0 unspecified atom stereocenters. The van der Waals surface area contributed by atoms with Crippen molar-refractivity contribution in [1.82, 2.24) is 24.1 Å². The first-order valence-corrected chi connectivity index (χ1v) is 7.59. The Bertz CT molecular complexity index is 1090. The van der Waals surface area contributed by atoms with E-state index in [1.807, 2.05) is 55.8 Å². The second-order valence-electron chi connectivity index (χ2n) is 5.77. The number of para-hydroxylation sites is 2. The molecule has 0 bridgehead atoms. The van der Waals surface area contributed by atoms with Crippen LogP contribution in [0.25, 0.3) is 16.7 Å². The average molecular weight is 320 g/mol. The molecule has 7 nitrogen and oxygen atoms in total. The van der Waals surface area contributed by atoms with Crippen LogP contribution in [-0.2, 0) is 7.05 Å². The van der Waals surface area contributed by atoms with Gasteiger partial charge in [-0.15, -0.1) is 0 Å². The summed E-state index contributed by atoms with van der Waals surface area (Å²) >= 11 is 0. The second kappa shape index (κ2) is 5.16. The highest BCUT2D eigenvalue weighted by atomic mass is 16.1. The van der Waals surface area contributed by atoms with Crippen LogP contribution in [0.3, 0.4) is 0 Å². The van der Waals surface area contributed by atoms with Gasteiger partial charge in [-0.2, -0.15) is 5.10 Å². The Morgan fingerprint density at radius 2 is 1.96 bits per heavy atom. The standard InChI is InChI=1S/C17H16N6O/c1-10-8-11(2)23-15(19-10)12(9-18-23)16(24)21-17-20-13-6-4-5-7-14(13)22(17)3/h4-9H,1-3H3,(H,20,21,24). The third kappa shape index (κ3) is 2.13. The molecule has 7 heteroatoms. The lowest BCUT2D eigenvalue weighted by atomic mass is 10.3. The lowest BCUT2D eigenvalue weighted by molar-refractivity contribution is 0.102. The first-order chi connectivity index (χ1) is 11.5. The van der Waals surface area contributed by atoms with Crippen molar-refractivity contribution in [3.8, 4) is 0 Å². The summed E-state index contributed by atoms with van der Waals surface area (Å²) in [5.74, 6) is 0.214. The third-order valence-electron chi connectivity index (χ3n) is 4.04. The molecule has 0 aliphatic rings. The maximum atomic E-state index is 12.7. The maximum absolute atomic E-state index is 12.7. The van der Waals surface area contributed by atoms with Gasteiger partial charge in [-0.05, 0) is 32.0 Å². The number of benzene rings is 1. The van der Waals surface area contributed by atoms with E-state index in [9.17, 15) is 4.79 Å². The number of hydrogen-bond donors (Lipinski definition) is 1. The fourth-order valence-corrected chi connectivity index (χ4v) is 2.86. The molecule has 0 fully saturated rings. The Balaban J connectivity index is 1.75. The van der Waals surface area contributed by atoms with Crippen LogP contribution in [0.5, 0.6) is 0 Å². The Morgan fingerprint density at radius 3 is 2.75 bits per heavy atom. The third-order valence-corrected chi connectivity index (χ3v) is 4.04. The summed E-state index contributed by atoms with van der Waals surface area (Å²) in [5.41, 5.74) is 4.53. The zero-order valence-corrected chi connectivity index (χ0v) is 13.6. The highest BCUT2D eigenvalue weighted by Gasteiger charge is 2.18. The maximum Gasteiger partial charge on any atom is 0.263 e. The zero-order valence-electron chi connectivity index (χ0n) is 13.6. The molecule has 4 aromatic rings. The normalized spacial score (nSPS) is 11.3. The van der Waals surface area contributed by atoms with E-state index in [2.05, 4.69) is 20.4 Å². The van der Waals surface area contributed by atoms with Crippen molar-refractivity contribution in [2.24, 2.45) is 7.05 Å². The minimum Gasteiger partial charge on any atom is -0.313 e. The lowest BCUT2D eigenvalue weighted by Gasteiger charge is -2.05. The fourth-order valence-electron chi connectivity index (χ4n) is 2.86. The first-order valence-electron chi connectivity index (χ1n) is 7.59. The Morgan fingerprint density at radius 1 is 1.17 bits per heavy atom. The Kier molecular flexibility index (Phi) is 3.09. The van der Waals surface area contributed by atoms with E-state index < -0.39 is 0 Å². The number of aryl methyl sites for hydroxylation is 3. The highest BCUT2D eigenvalue weighted by Crippen LogP contribution is 2.19. The van der Waals surface area contributed by atoms with Crippen molar-refractivity contribution >= 4 is 28.5 Å². The number of carbonyl (C=O) groups is 1. The highest BCUT2D eigenvalue weighted by molar-refractivity contribution is 6.08. The zero-order chi connectivity index (χ0) is 16.8. The number of nitrogens with zero attached hydrogens (tertiary/aromatic N) is 5. The summed E-state index contributed by atoms with van der Waals surface area (Å²) in [6.07, 6.45) is 1.53. The summed E-state index contributed by atoms with van der Waals surface area (Å²) in [4.78, 5) is 21.6. The predicted molar refractivity (Wildman–Crippen MR) is 91.1 cm³/mol. The van der Waals surface area contributed by atoms with Gasteiger partial charge in [-0.3, -0.25) is 10.1 Å². The summed E-state index contributed by atoms with van der Waals surface area (Å²) in [5, 5.41) is 7.11. The fraction of sp³-hybridized carbons (Fsp3) is 0.176. The Labute approximate surface area is 138 Å². The summed E-state index contributed by atoms with van der Waals surface area (Å²) in [6.45, 7) is 3.83. The predicted octanol–water partition coefficient (Wildman–Crippen LogP) is 2.49. The quantitative estimate of drug-likeness (QED) is 0.615. The van der Waals surface area contributed by atoms with Crippen LogP contribution in [0.15, 0.2) is 36.5 Å². The van der Waals surface area contributed by atoms with Crippen molar-refractivity contribution in [2.45, 2.75) is 13.8 Å². The summed E-state index contributed by atoms with van der Waals surface area (Å²) < 4.78 is 3.51. The molecular weight excluding hydrogens is 304 g/mol. The molecular formula is C17H16N6O. The molecule has 120 valence electrons. The van der Waals surface area contributed by atoms with Crippen LogP contribution < -0.4 is 5.32 Å². The number of fused-ring (bicyclic) bond motifs is 2. The molecule has 1 amide bonds. The van der Waals surface area contributed by atoms with Crippen LogP contribution in [0.4, 0.5) is 5.95 Å². The average Bonchev–Trinajstić information content (AvgIpc) is 3.10. The monoisotopic (exact) mass is 320 g/mol. The molecule has 1 aromatic carbocycles. The number of imidazole rings is 1. The molecule has 3 heterocycles. The van der Waals surface area contributed by atoms with Gasteiger partial charge in [0.25, 0.3) is 5.91 Å². The number of rotatable bonds is 2. The van der Waals surface area contributed by atoms with Crippen LogP contribution in [0.2, 0.25) is 0 Å². The smallest absolute Gasteiger partial charge is 0.263 e. The largest absolute Gasteiger partial charge is 0.313 e. The van der Waals surface area contributed by atoms with Crippen LogP contribution in [-0.4, -0.2) is 30.1 Å². The number of hydrogen-bond acceptors (Lipinski definition) is 4. The van der Waals surface area contributed by atoms with Gasteiger partial charge in [0.2, 0.25) is 5.95 Å². The van der Waals surface area contributed by atoms with Gasteiger partial charge in [0.1, 0.15) is 5.56 Å². The molecule has 0 radical (unpaired) electrons. The number of amides is 1. The van der Waals surface area contributed by atoms with Crippen molar-refractivity contribution in [3.05, 3.63) is 53.5 Å². The minimum absolute atomic E-state index is 0.277. The van der Waals surface area contributed by atoms with Gasteiger partial charge in [-0.25, -0.2) is 14.5 Å². The van der Waals surface area contributed by atoms with Crippen molar-refractivity contribution < 1.29 is 4.79 Å². The SMILES string of the molecule is Cc1cc(C)n2ncc(C(=O)Nc3nc4ccccc4n3C)c2n1. The van der Waals surface area contributed by atoms with E-state index in [4.69, 9.17) is 0 Å². The number of carbonyl (C=O) groups excluding carboxylic acids is 1. The van der Waals surface area contributed by atoms with Gasteiger partial charge in [0.15, 0.2) is 5.65 Å². The van der Waals surface area contributed by atoms with Gasteiger partial charge < -0.3 is 4.57 Å². The molecule has 0 saturated heterocycles. The number of nitrogens with one attached hydrogen (secondary N) is 1. The van der Waals surface area contributed by atoms with Gasteiger partial charge >= 0.3 is 0 Å². The van der Waals surface area contributed by atoms with E-state index >= 15 is 0 Å². The molecule has 4 rings (SSSR count). The first kappa shape index (κ1) is 14.4. The van der Waals surface area contributed by atoms with Crippen LogP contribution >= 0.6 is 0 Å². The Hall–Kier alpha value is -3.22. The van der Waals surface area contributed by atoms with E-state index in [1.54, 1.807) is 4.52 Å². The van der Waals surface area contributed by atoms with Crippen LogP contribution in [0, 0.1) is 13.8 Å². The topological polar surface area (TPSA) is 77.1 Å². The molecule has 1 N–H and O–H groups in total. The van der Waals surface area contributed by atoms with Gasteiger partial charge in [0.05, 0.1) is 17.2 Å². The molecule has 0 aliphatic carbocycles. The van der Waals surface area contributed by atoms with Crippen molar-refractivity contribution in [3.63, 3.8) is 0 Å². The lowest BCUT2D eigenvalue weighted by Crippen LogP contribution is -2.15. The van der Waals surface area contributed by atoms with Crippen molar-refractivity contribution in [2.75, 3.05) is 5.32 Å². The van der Waals surface area contributed by atoms with E-state index in [1.165, 1.54) is 6.20 Å². The molecule has 0 saturated carbocycles. The molecule has 0 aliphatic heterocycles. The minimum atomic E-state index is -0.277. The molecule has 0 spiro atoms. The number of anilines is 1. The molecule has 24 heavy (non-hydrogen) atoms. The summed E-state index contributed by atoms with van der Waals surface area (Å²) in [6, 6.07) is 9.65. The molecule has 0 atom stereocenters. The van der Waals surface area contributed by atoms with E-state index in [-0.39, 0.29) is 5.91 Å². The van der Waals surface area contributed by atoms with E-state index in [0.29, 0.717) is 17.2 Å². The molecule has 3 aromatic heterocycles. The van der Waals surface area contributed by atoms with Gasteiger partial charge in [0, 0.05) is 18.4 Å².